The Labute approximate surface area is 116 Å². The lowest BCUT2D eigenvalue weighted by atomic mass is 9.91. The Bertz CT molecular complexity index is 482. The molecule has 2 N–H and O–H groups in total. The highest BCUT2D eigenvalue weighted by atomic mass is 19.3. The van der Waals surface area contributed by atoms with Gasteiger partial charge in [-0.1, -0.05) is 6.92 Å². The molecule has 1 saturated heterocycles. The Hall–Kier alpha value is -1.59. The molecule has 112 valence electrons. The van der Waals surface area contributed by atoms with Gasteiger partial charge in [-0.3, -0.25) is 0 Å². The van der Waals surface area contributed by atoms with Gasteiger partial charge < -0.3 is 15.4 Å². The highest BCUT2D eigenvalue weighted by molar-refractivity contribution is 5.70. The van der Waals surface area contributed by atoms with Gasteiger partial charge in [0, 0.05) is 24.7 Å². The third-order valence-electron chi connectivity index (χ3n) is 3.98. The van der Waals surface area contributed by atoms with Gasteiger partial charge in [0.25, 0.3) is 0 Å². The van der Waals surface area contributed by atoms with Crippen LogP contribution in [-0.2, 0) is 0 Å². The van der Waals surface area contributed by atoms with Gasteiger partial charge in [0.2, 0.25) is 0 Å². The molecule has 3 nitrogen and oxygen atoms in total. The fourth-order valence-corrected chi connectivity index (χ4v) is 2.67. The normalized spacial score (nSPS) is 23.2. The van der Waals surface area contributed by atoms with Crippen LogP contribution in [0, 0.1) is 11.7 Å². The average molecular weight is 288 g/mol. The Morgan fingerprint density at radius 2 is 2.05 bits per heavy atom. The maximum absolute atomic E-state index is 13.6. The van der Waals surface area contributed by atoms with Gasteiger partial charge in [0.05, 0.1) is 11.4 Å². The molecule has 1 aromatic rings. The van der Waals surface area contributed by atoms with E-state index in [0.29, 0.717) is 11.6 Å². The molecule has 1 fully saturated rings. The molecule has 2 unspecified atom stereocenters. The zero-order valence-corrected chi connectivity index (χ0v) is 11.6. The zero-order valence-electron chi connectivity index (χ0n) is 11.6. The minimum absolute atomic E-state index is 0.218. The van der Waals surface area contributed by atoms with Gasteiger partial charge in [0.15, 0.2) is 11.6 Å². The van der Waals surface area contributed by atoms with Crippen LogP contribution in [0.4, 0.5) is 24.5 Å². The van der Waals surface area contributed by atoms with Crippen LogP contribution >= 0.6 is 0 Å². The highest BCUT2D eigenvalue weighted by Crippen LogP contribution is 2.36. The topological polar surface area (TPSA) is 38.5 Å². The van der Waals surface area contributed by atoms with Crippen LogP contribution in [0.3, 0.4) is 0 Å². The average Bonchev–Trinajstić information content (AvgIpc) is 2.36. The molecule has 2 atom stereocenters. The first-order valence-corrected chi connectivity index (χ1v) is 6.70. The van der Waals surface area contributed by atoms with Gasteiger partial charge in [-0.2, -0.15) is 8.78 Å². The number of halogens is 3. The molecule has 2 rings (SSSR count). The number of nitrogen functional groups attached to an aromatic ring is 1. The maximum Gasteiger partial charge on any atom is 0.387 e. The zero-order chi connectivity index (χ0) is 14.9. The standard InChI is InChI=1S/C14H19F3N2O/c1-8-4-3-5-19(9(8)2)12-7-13(20-14(16)17)10(15)6-11(12)18/h6-9,14H,3-5,18H2,1-2H3. The number of alkyl halides is 2. The molecular formula is C14H19F3N2O. The van der Waals surface area contributed by atoms with Crippen molar-refractivity contribution in [2.75, 3.05) is 17.2 Å². The van der Waals surface area contributed by atoms with Gasteiger partial charge in [-0.25, -0.2) is 4.39 Å². The van der Waals surface area contributed by atoms with E-state index in [1.807, 2.05) is 4.90 Å². The molecule has 0 saturated carbocycles. The fourth-order valence-electron chi connectivity index (χ4n) is 2.67. The molecule has 0 radical (unpaired) electrons. The van der Waals surface area contributed by atoms with Crippen molar-refractivity contribution in [2.45, 2.75) is 39.3 Å². The lowest BCUT2D eigenvalue weighted by Gasteiger charge is -2.40. The van der Waals surface area contributed by atoms with E-state index in [1.54, 1.807) is 0 Å². The Balaban J connectivity index is 2.35. The summed E-state index contributed by atoms with van der Waals surface area (Å²) >= 11 is 0. The van der Waals surface area contributed by atoms with E-state index in [0.717, 1.165) is 25.5 Å². The number of piperidine rings is 1. The predicted molar refractivity (Wildman–Crippen MR) is 72.7 cm³/mol. The number of nitrogens with two attached hydrogens (primary N) is 1. The number of rotatable bonds is 3. The summed E-state index contributed by atoms with van der Waals surface area (Å²) in [5.41, 5.74) is 6.63. The quantitative estimate of drug-likeness (QED) is 0.863. The first kappa shape index (κ1) is 14.8. The van der Waals surface area contributed by atoms with Crippen LogP contribution in [0.25, 0.3) is 0 Å². The number of anilines is 2. The van der Waals surface area contributed by atoms with Crippen molar-refractivity contribution in [1.29, 1.82) is 0 Å². The van der Waals surface area contributed by atoms with E-state index in [2.05, 4.69) is 18.6 Å². The number of hydrogen-bond donors (Lipinski definition) is 1. The molecule has 0 spiro atoms. The molecule has 1 heterocycles. The predicted octanol–water partition coefficient (Wildman–Crippen LogP) is 3.63. The van der Waals surface area contributed by atoms with E-state index < -0.39 is 18.2 Å². The first-order chi connectivity index (χ1) is 9.40. The van der Waals surface area contributed by atoms with Crippen molar-refractivity contribution in [3.05, 3.63) is 17.9 Å². The summed E-state index contributed by atoms with van der Waals surface area (Å²) in [4.78, 5) is 2.03. The Morgan fingerprint density at radius 3 is 2.70 bits per heavy atom. The van der Waals surface area contributed by atoms with Crippen LogP contribution < -0.4 is 15.4 Å². The third-order valence-corrected chi connectivity index (χ3v) is 3.98. The van der Waals surface area contributed by atoms with E-state index in [4.69, 9.17) is 5.73 Å². The van der Waals surface area contributed by atoms with Gasteiger partial charge >= 0.3 is 6.61 Å². The maximum atomic E-state index is 13.6. The van der Waals surface area contributed by atoms with E-state index >= 15 is 0 Å². The van der Waals surface area contributed by atoms with Crippen molar-refractivity contribution in [2.24, 2.45) is 5.92 Å². The molecule has 0 aliphatic carbocycles. The second kappa shape index (κ2) is 5.81. The summed E-state index contributed by atoms with van der Waals surface area (Å²) in [5, 5.41) is 0. The molecule has 20 heavy (non-hydrogen) atoms. The van der Waals surface area contributed by atoms with E-state index in [9.17, 15) is 13.2 Å². The SMILES string of the molecule is CC1CCCN(c2cc(OC(F)F)c(F)cc2N)C1C. The number of ether oxygens (including phenoxy) is 1. The summed E-state index contributed by atoms with van der Waals surface area (Å²) in [6.07, 6.45) is 2.10. The molecule has 0 amide bonds. The van der Waals surface area contributed by atoms with Crippen molar-refractivity contribution >= 4 is 11.4 Å². The molecule has 6 heteroatoms. The molecule has 1 aliphatic rings. The van der Waals surface area contributed by atoms with Crippen LogP contribution in [0.15, 0.2) is 12.1 Å². The van der Waals surface area contributed by atoms with Crippen LogP contribution in [0.2, 0.25) is 0 Å². The van der Waals surface area contributed by atoms with E-state index in [1.165, 1.54) is 6.07 Å². The van der Waals surface area contributed by atoms with Crippen molar-refractivity contribution in [3.8, 4) is 5.75 Å². The minimum atomic E-state index is -3.06. The number of nitrogens with zero attached hydrogens (tertiary/aromatic N) is 1. The molecule has 1 aliphatic heterocycles. The van der Waals surface area contributed by atoms with Crippen molar-refractivity contribution < 1.29 is 17.9 Å². The Morgan fingerprint density at radius 1 is 1.35 bits per heavy atom. The third kappa shape index (κ3) is 2.94. The molecule has 0 bridgehead atoms. The fraction of sp³-hybridized carbons (Fsp3) is 0.571. The summed E-state index contributed by atoms with van der Waals surface area (Å²) in [7, 11) is 0. The Kier molecular flexibility index (Phi) is 4.30. The summed E-state index contributed by atoms with van der Waals surface area (Å²) in [6.45, 7) is 1.90. The lowest BCUT2D eigenvalue weighted by Crippen LogP contribution is -2.42. The molecule has 1 aromatic carbocycles. The number of benzene rings is 1. The van der Waals surface area contributed by atoms with Crippen LogP contribution in [0.5, 0.6) is 5.75 Å². The van der Waals surface area contributed by atoms with Gasteiger partial charge in [-0.05, 0) is 25.7 Å². The van der Waals surface area contributed by atoms with Crippen molar-refractivity contribution in [1.82, 2.24) is 0 Å². The molecule has 0 aromatic heterocycles. The summed E-state index contributed by atoms with van der Waals surface area (Å²) in [6, 6.07) is 2.53. The largest absolute Gasteiger partial charge is 0.432 e. The van der Waals surface area contributed by atoms with Gasteiger partial charge in [0.1, 0.15) is 0 Å². The van der Waals surface area contributed by atoms with Gasteiger partial charge in [-0.15, -0.1) is 0 Å². The van der Waals surface area contributed by atoms with Crippen molar-refractivity contribution in [3.63, 3.8) is 0 Å². The second-order valence-electron chi connectivity index (χ2n) is 5.27. The lowest BCUT2D eigenvalue weighted by molar-refractivity contribution is -0.0521. The first-order valence-electron chi connectivity index (χ1n) is 6.70. The van der Waals surface area contributed by atoms with Crippen LogP contribution in [-0.4, -0.2) is 19.2 Å². The smallest absolute Gasteiger partial charge is 0.387 e. The number of hydrogen-bond acceptors (Lipinski definition) is 3. The second-order valence-corrected chi connectivity index (χ2v) is 5.27. The minimum Gasteiger partial charge on any atom is -0.432 e. The highest BCUT2D eigenvalue weighted by Gasteiger charge is 2.27. The molecular weight excluding hydrogens is 269 g/mol. The van der Waals surface area contributed by atoms with Crippen LogP contribution in [0.1, 0.15) is 26.7 Å². The summed E-state index contributed by atoms with van der Waals surface area (Å²) in [5.74, 6) is -0.869. The van der Waals surface area contributed by atoms with E-state index in [-0.39, 0.29) is 11.7 Å². The summed E-state index contributed by atoms with van der Waals surface area (Å²) < 4.78 is 42.3. The monoisotopic (exact) mass is 288 g/mol.